The van der Waals surface area contributed by atoms with Crippen LogP contribution in [0.25, 0.3) is 21.8 Å². The van der Waals surface area contributed by atoms with E-state index in [0.717, 1.165) is 43.3 Å². The number of nitrogens with two attached hydrogens (primary N) is 4. The van der Waals surface area contributed by atoms with E-state index in [-0.39, 0.29) is 70.2 Å². The molecule has 5 heterocycles. The number of aliphatic carboxylic acids is 3. The summed E-state index contributed by atoms with van der Waals surface area (Å²) in [5, 5.41) is 75.6. The minimum atomic E-state index is -1.94. The number of Topliss-reactive ketones (excluding diaryl/α,β-unsaturated/α-hetero) is 1. The number of carbonyl (C=O) groups excluding carboxylic acids is 16. The number of aromatic amines is 1. The van der Waals surface area contributed by atoms with Gasteiger partial charge in [-0.3, -0.25) is 91.1 Å². The van der Waals surface area contributed by atoms with Crippen LogP contribution in [0, 0.1) is 5.92 Å². The fourth-order valence-corrected chi connectivity index (χ4v) is 17.3. The van der Waals surface area contributed by atoms with Gasteiger partial charge in [0.05, 0.1) is 30.9 Å². The molecule has 724 valence electrons. The number of para-hydroxylation sites is 2. The van der Waals surface area contributed by atoms with Gasteiger partial charge in [-0.15, -0.1) is 11.8 Å². The number of nitrogens with one attached hydrogen (secondary N) is 10. The number of aromatic hydroxyl groups is 1. The molecular formula is C88H122N20O24S. The normalized spacial score (nSPS) is 25.0. The van der Waals surface area contributed by atoms with Crippen molar-refractivity contribution in [3.05, 3.63) is 102 Å². The second kappa shape index (κ2) is 49.9. The Hall–Kier alpha value is -13.1. The van der Waals surface area contributed by atoms with Crippen molar-refractivity contribution in [3.63, 3.8) is 0 Å². The first kappa shape index (κ1) is 105. The maximum atomic E-state index is 15.9. The fraction of sp³-hybridized carbons (Fsp3) is 0.534. The van der Waals surface area contributed by atoms with E-state index in [1.54, 1.807) is 61.7 Å². The van der Waals surface area contributed by atoms with E-state index >= 15 is 28.8 Å². The molecule has 3 fully saturated rings. The third-order valence-electron chi connectivity index (χ3n) is 23.8. The number of aliphatic hydroxyl groups is 1. The van der Waals surface area contributed by atoms with Crippen LogP contribution in [0.1, 0.15) is 127 Å². The van der Waals surface area contributed by atoms with Crippen LogP contribution in [-0.4, -0.2) is 328 Å². The minimum absolute atomic E-state index is 0.0518. The molecule has 15 amide bonds. The Morgan fingerprint density at radius 3 is 1.77 bits per heavy atom. The molecule has 8 rings (SSSR count). The predicted octanol–water partition coefficient (Wildman–Crippen LogP) is -3.82. The van der Waals surface area contributed by atoms with E-state index in [1.165, 1.54) is 56.0 Å². The van der Waals surface area contributed by atoms with Gasteiger partial charge < -0.3 is 130 Å². The predicted molar refractivity (Wildman–Crippen MR) is 481 cm³/mol. The van der Waals surface area contributed by atoms with E-state index in [4.69, 9.17) is 22.9 Å². The molecule has 3 saturated heterocycles. The Bertz CT molecular complexity index is 5070. The first-order valence-corrected chi connectivity index (χ1v) is 45.2. The molecule has 0 saturated carbocycles. The molecule has 3 aliphatic rings. The summed E-state index contributed by atoms with van der Waals surface area (Å²) in [7, 11) is 3.76. The van der Waals surface area contributed by atoms with Gasteiger partial charge in [0.2, 0.25) is 88.6 Å². The lowest BCUT2D eigenvalue weighted by Gasteiger charge is -2.36. The number of aliphatic hydroxyl groups excluding tert-OH is 1. The number of carboxylic acids is 3. The summed E-state index contributed by atoms with van der Waals surface area (Å²) >= 11 is 0.724. The van der Waals surface area contributed by atoms with Crippen LogP contribution in [0.3, 0.4) is 0 Å². The van der Waals surface area contributed by atoms with E-state index in [9.17, 15) is 87.9 Å². The topological polar surface area (TPSA) is 675 Å². The molecule has 3 aromatic carbocycles. The molecule has 0 aliphatic carbocycles. The van der Waals surface area contributed by atoms with Gasteiger partial charge >= 0.3 is 17.9 Å². The van der Waals surface area contributed by atoms with Crippen molar-refractivity contribution in [3.8, 4) is 5.75 Å². The third-order valence-corrected chi connectivity index (χ3v) is 24.8. The van der Waals surface area contributed by atoms with Gasteiger partial charge in [0, 0.05) is 125 Å². The smallest absolute Gasteiger partial charge is 0.323 e. The number of rotatable bonds is 26. The van der Waals surface area contributed by atoms with E-state index < -0.39 is 286 Å². The Balaban J connectivity index is 1.20. The van der Waals surface area contributed by atoms with Gasteiger partial charge in [0.25, 0.3) is 0 Å². The number of ketones is 1. The van der Waals surface area contributed by atoms with Crippen LogP contribution >= 0.6 is 11.8 Å². The van der Waals surface area contributed by atoms with Crippen molar-refractivity contribution < 1.29 is 117 Å². The Labute approximate surface area is 770 Å². The maximum Gasteiger partial charge on any atom is 0.323 e. The van der Waals surface area contributed by atoms with Gasteiger partial charge in [-0.25, -0.2) is 0 Å². The van der Waals surface area contributed by atoms with Crippen LogP contribution < -0.4 is 70.8 Å². The van der Waals surface area contributed by atoms with Crippen LogP contribution in [0.5, 0.6) is 5.75 Å². The van der Waals surface area contributed by atoms with E-state index in [0.29, 0.717) is 57.8 Å². The van der Waals surface area contributed by atoms with Crippen molar-refractivity contribution in [1.82, 2.24) is 81.9 Å². The minimum Gasteiger partial charge on any atom is -0.508 e. The number of fused-ring (bicyclic) bond motifs is 4. The van der Waals surface area contributed by atoms with Crippen LogP contribution in [0.2, 0.25) is 0 Å². The quantitative estimate of drug-likeness (QED) is 0.0252. The van der Waals surface area contributed by atoms with Gasteiger partial charge in [-0.1, -0.05) is 88.1 Å². The molecule has 0 spiro atoms. The molecule has 45 heteroatoms. The highest BCUT2D eigenvalue weighted by Gasteiger charge is 2.47. The number of benzene rings is 3. The molecule has 0 bridgehead atoms. The van der Waals surface area contributed by atoms with Crippen molar-refractivity contribution in [2.45, 2.75) is 221 Å². The second-order valence-electron chi connectivity index (χ2n) is 33.5. The number of thioether (sulfide) groups is 1. The number of carboxylic acid groups (broad SMARTS) is 3. The van der Waals surface area contributed by atoms with Crippen LogP contribution in [-0.2, 0) is 117 Å². The molecule has 0 unspecified atom stereocenters. The summed E-state index contributed by atoms with van der Waals surface area (Å²) in [6.07, 6.45) is -1.98. The van der Waals surface area contributed by atoms with Crippen molar-refractivity contribution >= 4 is 146 Å². The van der Waals surface area contributed by atoms with Gasteiger partial charge in [0.1, 0.15) is 84.8 Å². The lowest BCUT2D eigenvalue weighted by atomic mass is 9.90. The molecule has 0 radical (unpaired) electrons. The number of phenols is 1. The summed E-state index contributed by atoms with van der Waals surface area (Å²) in [6.45, 7) is 1.10. The molecule has 15 atom stereocenters. The number of carbonyl (C=O) groups is 19. The number of H-pyrrole nitrogens is 1. The number of unbranched alkanes of at least 4 members (excludes halogenated alkanes) is 2. The first-order chi connectivity index (χ1) is 63.2. The average Bonchev–Trinajstić information content (AvgIpc) is 1.70. The van der Waals surface area contributed by atoms with E-state index in [1.807, 2.05) is 6.92 Å². The maximum absolute atomic E-state index is 15.9. The molecule has 5 aromatic rings. The Morgan fingerprint density at radius 2 is 1.13 bits per heavy atom. The zero-order chi connectivity index (χ0) is 97.8. The van der Waals surface area contributed by atoms with Crippen molar-refractivity contribution in [2.75, 3.05) is 71.9 Å². The number of amides is 15. The number of phenolic OH excluding ortho intramolecular Hbond substituents is 1. The monoisotopic (exact) mass is 1870 g/mol. The van der Waals surface area contributed by atoms with Gasteiger partial charge in [-0.05, 0) is 99.4 Å². The molecule has 23 N–H and O–H groups in total. The van der Waals surface area contributed by atoms with Crippen LogP contribution in [0.4, 0.5) is 0 Å². The van der Waals surface area contributed by atoms with Crippen molar-refractivity contribution in [1.29, 1.82) is 0 Å². The molecular weight excluding hydrogens is 1750 g/mol. The lowest BCUT2D eigenvalue weighted by Crippen LogP contribution is -2.61. The standard InChI is InChI=1S/C88H122N20O24S/c1-7-9-19-66-82(126)100-63(39-91)81(125)102-64(78(122)94-41-71(92)112)45-133-46-72(113)95-59(32-48-23-25-52(109)26-24-48)84(128)103(4)47(3)76(120)98-61(37-74(116)117)87(131)107-31-15-22-67(107)83(127)101-62(38-90)80(124)97-58(27-28-73(114)115)86(130)108-43-53(110)36-69(108)70(111)35-49(33-50-40-93-56-18-13-11-16-54(50)56)77(121)96-57(29-30-89)79(123)99-60(85(129)105(6)68(20-10-8-2)88(132)104(66)5)34-51-42-106(44-75(118)119)65-21-14-12-17-55(51)65/h11-14,16-18,21,23-26,40,42,47,49,53,57-64,66-69,93,109-110H,7-10,15,19-20,22,27-39,41,43-46,89-91H2,1-6H3,(H2,92,112)(H,94,122)(H,95,113)(H,96,121)(H,97,124)(H,98,120)(H,99,123)(H,100,126)(H,101,127)(H,102,125)(H,114,115)(H,116,117)(H,118,119)/t47-,49+,53+,57-,58-,59-,60-,61-,62-,63-,64-,66-,67-,68-,69-/m0/s1. The Morgan fingerprint density at radius 1 is 0.549 bits per heavy atom. The van der Waals surface area contributed by atoms with Crippen LogP contribution in [0.15, 0.2) is 85.2 Å². The lowest BCUT2D eigenvalue weighted by molar-refractivity contribution is -0.149. The summed E-state index contributed by atoms with van der Waals surface area (Å²) in [6, 6.07) is -2.27. The molecule has 133 heavy (non-hydrogen) atoms. The zero-order valence-electron chi connectivity index (χ0n) is 75.0. The highest BCUT2D eigenvalue weighted by atomic mass is 32.2. The third kappa shape index (κ3) is 28.9. The SMILES string of the molecule is CCCC[C@H]1C(=O)N(C)[C@@H](CCCC)C(=O)N[C@@H](CN)C(=O)N[C@H](C(=O)NCC(N)=O)CSCC(=O)N[C@@H](Cc2ccc(O)cc2)C(=O)N(C)[C@@H](C)C(=O)N[C@@H](CC(=O)O)C(=O)N2CCC[C@H]2C(=O)N[C@@H](CN)C(=O)N[C@@H](CCC(=O)O)C(=O)N2C[C@H](O)C[C@H]2C(=O)C[C@@H](Cc2c[nH]c3ccccc23)C(=O)N[C@@H](CCN)C(=O)N[C@@H](Cc2cn(CC(=O)O)c3ccccc23)C(=O)N1C. The van der Waals surface area contributed by atoms with E-state index in [2.05, 4.69) is 52.8 Å². The largest absolute Gasteiger partial charge is 0.508 e. The zero-order valence-corrected chi connectivity index (χ0v) is 75.8. The molecule has 2 aromatic heterocycles. The number of primary amides is 1. The summed E-state index contributed by atoms with van der Waals surface area (Å²) in [5.74, 6) is -22.9. The number of likely N-dealkylation sites (N-methyl/N-ethyl adjacent to an activating group) is 3. The number of hydrogen-bond acceptors (Lipinski definition) is 25. The van der Waals surface area contributed by atoms with Gasteiger partial charge in [-0.2, -0.15) is 0 Å². The summed E-state index contributed by atoms with van der Waals surface area (Å²) < 4.78 is 1.42. The first-order valence-electron chi connectivity index (χ1n) is 44.1. The number of aromatic nitrogens is 2. The molecule has 3 aliphatic heterocycles. The second-order valence-corrected chi connectivity index (χ2v) is 34.5. The highest BCUT2D eigenvalue weighted by Crippen LogP contribution is 2.30. The fourth-order valence-electron chi connectivity index (χ4n) is 16.4. The van der Waals surface area contributed by atoms with Crippen molar-refractivity contribution in [2.24, 2.45) is 28.9 Å². The highest BCUT2D eigenvalue weighted by molar-refractivity contribution is 8.00. The average molecular weight is 1880 g/mol. The molecule has 44 nitrogen and oxygen atoms in total. The number of nitrogens with zero attached hydrogens (tertiary/aromatic N) is 6. The van der Waals surface area contributed by atoms with Gasteiger partial charge in [0.15, 0.2) is 5.78 Å². The summed E-state index contributed by atoms with van der Waals surface area (Å²) in [5.41, 5.74) is 26.2. The Kier molecular flexibility index (Phi) is 39.5. The number of hydrogen-bond donors (Lipinski definition) is 19. The summed E-state index contributed by atoms with van der Waals surface area (Å²) in [4.78, 5) is 280.